The molecular weight excluding hydrogens is 376 g/mol. The van der Waals surface area contributed by atoms with Crippen LogP contribution in [0.5, 0.6) is 0 Å². The minimum Gasteiger partial charge on any atom is -0.459 e. The lowest BCUT2D eigenvalue weighted by molar-refractivity contribution is -0.146. The molecule has 30 heavy (non-hydrogen) atoms. The molecule has 1 aromatic rings. The van der Waals surface area contributed by atoms with E-state index >= 15 is 0 Å². The number of hydrogen-bond acceptors (Lipinski definition) is 5. The molecule has 1 fully saturated rings. The number of ketones is 1. The number of rotatable bonds is 4. The number of nitrogens with zero attached hydrogens (tertiary/aromatic N) is 1. The summed E-state index contributed by atoms with van der Waals surface area (Å²) in [5.74, 6) is -0.499. The third kappa shape index (κ3) is 4.03. The molecule has 0 amide bonds. The maximum Gasteiger partial charge on any atom is 0.337 e. The standard InChI is InChI=1S/C25H32N2O3/c1-16-22(25(29)30-19-8-5-4-6-9-19)23(17-12-14-18(15-13-17)27(2)3)24-20(26-16)10-7-11-21(24)28/h12-15,19,23,26H,4-11H2,1-3H3/t23-/m0/s1. The number of nitrogens with one attached hydrogen (secondary N) is 1. The number of anilines is 1. The van der Waals surface area contributed by atoms with Crippen molar-refractivity contribution in [3.05, 3.63) is 52.4 Å². The van der Waals surface area contributed by atoms with Crippen LogP contribution in [0.3, 0.4) is 0 Å². The monoisotopic (exact) mass is 408 g/mol. The Hall–Kier alpha value is -2.56. The zero-order chi connectivity index (χ0) is 21.3. The SMILES string of the molecule is CC1=C(C(=O)OC2CCCCC2)[C@H](c2ccc(N(C)C)cc2)C2=C(CCCC2=O)N1. The van der Waals surface area contributed by atoms with Gasteiger partial charge in [-0.2, -0.15) is 0 Å². The zero-order valence-electron chi connectivity index (χ0n) is 18.3. The highest BCUT2D eigenvalue weighted by atomic mass is 16.5. The lowest BCUT2D eigenvalue weighted by Crippen LogP contribution is -2.35. The van der Waals surface area contributed by atoms with E-state index in [0.717, 1.165) is 66.7 Å². The molecule has 5 nitrogen and oxygen atoms in total. The van der Waals surface area contributed by atoms with Gasteiger partial charge in [0, 0.05) is 49.1 Å². The van der Waals surface area contributed by atoms with Crippen LogP contribution in [0.1, 0.15) is 69.8 Å². The Morgan fingerprint density at radius 3 is 2.40 bits per heavy atom. The maximum atomic E-state index is 13.4. The van der Waals surface area contributed by atoms with Gasteiger partial charge < -0.3 is 15.0 Å². The van der Waals surface area contributed by atoms with Gasteiger partial charge in [-0.25, -0.2) is 4.79 Å². The summed E-state index contributed by atoms with van der Waals surface area (Å²) in [4.78, 5) is 28.4. The Morgan fingerprint density at radius 2 is 1.73 bits per heavy atom. The molecule has 0 aromatic heterocycles. The van der Waals surface area contributed by atoms with Crippen LogP contribution in [0.2, 0.25) is 0 Å². The number of benzene rings is 1. The van der Waals surface area contributed by atoms with Crippen LogP contribution in [0.25, 0.3) is 0 Å². The van der Waals surface area contributed by atoms with Crippen molar-refractivity contribution in [2.24, 2.45) is 0 Å². The lowest BCUT2D eigenvalue weighted by Gasteiger charge is -2.35. The molecule has 5 heteroatoms. The van der Waals surface area contributed by atoms with Crippen LogP contribution in [0.15, 0.2) is 46.8 Å². The Bertz CT molecular complexity index is 889. The topological polar surface area (TPSA) is 58.6 Å². The molecule has 3 aliphatic rings. The first-order valence-electron chi connectivity index (χ1n) is 11.2. The van der Waals surface area contributed by atoms with E-state index in [9.17, 15) is 9.59 Å². The summed E-state index contributed by atoms with van der Waals surface area (Å²) in [5, 5.41) is 3.38. The molecule has 0 unspecified atom stereocenters. The van der Waals surface area contributed by atoms with Crippen molar-refractivity contribution in [1.29, 1.82) is 0 Å². The Kier molecular flexibility index (Phi) is 5.98. The van der Waals surface area contributed by atoms with Crippen molar-refractivity contribution in [3.8, 4) is 0 Å². The summed E-state index contributed by atoms with van der Waals surface area (Å²) in [7, 11) is 4.00. The van der Waals surface area contributed by atoms with Crippen LogP contribution in [0.4, 0.5) is 5.69 Å². The van der Waals surface area contributed by atoms with Crippen molar-refractivity contribution < 1.29 is 14.3 Å². The van der Waals surface area contributed by atoms with Gasteiger partial charge in [0.2, 0.25) is 0 Å². The summed E-state index contributed by atoms with van der Waals surface area (Å²) in [6.07, 6.45) is 7.51. The van der Waals surface area contributed by atoms with Crippen LogP contribution < -0.4 is 10.2 Å². The van der Waals surface area contributed by atoms with E-state index in [1.165, 1.54) is 6.42 Å². The second kappa shape index (κ2) is 8.66. The molecule has 0 spiro atoms. The van der Waals surface area contributed by atoms with Gasteiger partial charge in [-0.1, -0.05) is 18.6 Å². The predicted molar refractivity (Wildman–Crippen MR) is 118 cm³/mol. The summed E-state index contributed by atoms with van der Waals surface area (Å²) in [6.45, 7) is 1.93. The minimum absolute atomic E-state index is 0.0132. The number of carbonyl (C=O) groups is 2. The Balaban J connectivity index is 1.72. The summed E-state index contributed by atoms with van der Waals surface area (Å²) in [5.41, 5.74) is 5.18. The highest BCUT2D eigenvalue weighted by Gasteiger charge is 2.39. The Labute approximate surface area is 179 Å². The fourth-order valence-corrected chi connectivity index (χ4v) is 4.95. The third-order valence-corrected chi connectivity index (χ3v) is 6.56. The van der Waals surface area contributed by atoms with Crippen molar-refractivity contribution in [3.63, 3.8) is 0 Å². The molecule has 1 aliphatic heterocycles. The summed E-state index contributed by atoms with van der Waals surface area (Å²) >= 11 is 0. The van der Waals surface area contributed by atoms with E-state index in [-0.39, 0.29) is 23.8 Å². The Morgan fingerprint density at radius 1 is 1.03 bits per heavy atom. The predicted octanol–water partition coefficient (Wildman–Crippen LogP) is 4.60. The van der Waals surface area contributed by atoms with E-state index in [1.54, 1.807) is 0 Å². The highest BCUT2D eigenvalue weighted by Crippen LogP contribution is 2.43. The summed E-state index contributed by atoms with van der Waals surface area (Å²) < 4.78 is 5.95. The lowest BCUT2D eigenvalue weighted by atomic mass is 9.75. The highest BCUT2D eigenvalue weighted by molar-refractivity contribution is 6.03. The van der Waals surface area contributed by atoms with Crippen LogP contribution in [0, 0.1) is 0 Å². The molecule has 1 N–H and O–H groups in total. The molecule has 160 valence electrons. The number of dihydropyridines is 1. The normalized spacial score (nSPS) is 22.5. The van der Waals surface area contributed by atoms with E-state index < -0.39 is 0 Å². The van der Waals surface area contributed by atoms with Crippen molar-refractivity contribution in [2.45, 2.75) is 70.3 Å². The van der Waals surface area contributed by atoms with Gasteiger partial charge in [0.1, 0.15) is 6.10 Å². The molecule has 4 rings (SSSR count). The van der Waals surface area contributed by atoms with Crippen LogP contribution >= 0.6 is 0 Å². The molecule has 1 atom stereocenters. The zero-order valence-corrected chi connectivity index (χ0v) is 18.3. The maximum absolute atomic E-state index is 13.4. The largest absolute Gasteiger partial charge is 0.459 e. The van der Waals surface area contributed by atoms with E-state index in [1.807, 2.05) is 50.2 Å². The molecule has 0 bridgehead atoms. The van der Waals surface area contributed by atoms with E-state index in [2.05, 4.69) is 5.32 Å². The first-order valence-corrected chi connectivity index (χ1v) is 11.2. The van der Waals surface area contributed by atoms with Gasteiger partial charge in [0.25, 0.3) is 0 Å². The second-order valence-corrected chi connectivity index (χ2v) is 8.92. The van der Waals surface area contributed by atoms with Crippen LogP contribution in [-0.2, 0) is 14.3 Å². The number of allylic oxidation sites excluding steroid dienone is 3. The molecule has 1 aromatic carbocycles. The minimum atomic E-state index is -0.360. The average molecular weight is 409 g/mol. The molecule has 1 saturated carbocycles. The van der Waals surface area contributed by atoms with Crippen molar-refractivity contribution in [2.75, 3.05) is 19.0 Å². The fraction of sp³-hybridized carbons (Fsp3) is 0.520. The van der Waals surface area contributed by atoms with Gasteiger partial charge in [0.15, 0.2) is 5.78 Å². The number of carbonyl (C=O) groups excluding carboxylic acids is 2. The first kappa shape index (κ1) is 20.7. The molecule has 2 aliphatic carbocycles. The first-order chi connectivity index (χ1) is 14.5. The third-order valence-electron chi connectivity index (χ3n) is 6.56. The van der Waals surface area contributed by atoms with Crippen molar-refractivity contribution >= 4 is 17.4 Å². The second-order valence-electron chi connectivity index (χ2n) is 8.92. The van der Waals surface area contributed by atoms with Gasteiger partial charge >= 0.3 is 5.97 Å². The van der Waals surface area contributed by atoms with Gasteiger partial charge in [0.05, 0.1) is 5.57 Å². The smallest absolute Gasteiger partial charge is 0.337 e. The molecule has 0 radical (unpaired) electrons. The molecular formula is C25H32N2O3. The molecule has 0 saturated heterocycles. The van der Waals surface area contributed by atoms with E-state index in [0.29, 0.717) is 12.0 Å². The fourth-order valence-electron chi connectivity index (χ4n) is 4.95. The number of ether oxygens (including phenoxy) is 1. The van der Waals surface area contributed by atoms with Gasteiger partial charge in [-0.15, -0.1) is 0 Å². The number of Topliss-reactive ketones (excluding diaryl/α,β-unsaturated/α-hetero) is 1. The number of esters is 1. The van der Waals surface area contributed by atoms with Gasteiger partial charge in [-0.3, -0.25) is 4.79 Å². The van der Waals surface area contributed by atoms with E-state index in [4.69, 9.17) is 4.74 Å². The van der Waals surface area contributed by atoms with Gasteiger partial charge in [-0.05, 0) is 63.1 Å². The summed E-state index contributed by atoms with van der Waals surface area (Å²) in [6, 6.07) is 8.17. The quantitative estimate of drug-likeness (QED) is 0.738. The number of hydrogen-bond donors (Lipinski definition) is 1. The van der Waals surface area contributed by atoms with Crippen LogP contribution in [-0.4, -0.2) is 32.0 Å². The average Bonchev–Trinajstić information content (AvgIpc) is 2.73. The van der Waals surface area contributed by atoms with Crippen molar-refractivity contribution in [1.82, 2.24) is 5.32 Å². The molecule has 1 heterocycles.